The number of quaternary nitrogens is 1. The number of unbranched alkanes of at least 4 members (excludes halogenated alkanes) is 25. The molecular weight excluding hydrogens is 839 g/mol. The van der Waals surface area contributed by atoms with Crippen LogP contribution in [0.15, 0.2) is 60.8 Å². The van der Waals surface area contributed by atoms with Gasteiger partial charge in [0.05, 0.1) is 40.3 Å². The van der Waals surface area contributed by atoms with Crippen LogP contribution in [0.5, 0.6) is 0 Å². The quantitative estimate of drug-likeness (QED) is 0.0195. The summed E-state index contributed by atoms with van der Waals surface area (Å²) in [6.07, 6.45) is 58.8. The van der Waals surface area contributed by atoms with Crippen LogP contribution in [-0.2, 0) is 33.3 Å². The zero-order chi connectivity index (χ0) is 49.2. The number of carboxylic acids is 1. The molecule has 0 aliphatic heterocycles. The van der Waals surface area contributed by atoms with E-state index >= 15 is 0 Å². The molecule has 0 amide bonds. The van der Waals surface area contributed by atoms with Crippen molar-refractivity contribution in [2.75, 3.05) is 47.5 Å². The first kappa shape index (κ1) is 64.0. The van der Waals surface area contributed by atoms with Gasteiger partial charge < -0.3 is 33.3 Å². The summed E-state index contributed by atoms with van der Waals surface area (Å²) in [6.45, 7) is 4.55. The summed E-state index contributed by atoms with van der Waals surface area (Å²) in [5.41, 5.74) is 0. The van der Waals surface area contributed by atoms with Gasteiger partial charge in [-0.15, -0.1) is 0 Å². The number of aliphatic carboxylic acids is 1. The number of carboxylic acid groups (broad SMARTS) is 1. The van der Waals surface area contributed by atoms with Gasteiger partial charge in [0.15, 0.2) is 12.4 Å². The molecule has 0 aliphatic rings. The van der Waals surface area contributed by atoms with E-state index < -0.39 is 24.3 Å². The third kappa shape index (κ3) is 50.7. The second kappa shape index (κ2) is 49.4. The van der Waals surface area contributed by atoms with Crippen LogP contribution in [0.2, 0.25) is 0 Å². The lowest BCUT2D eigenvalue weighted by molar-refractivity contribution is -0.870. The SMILES string of the molecule is CC/C=C\C/C=C\C/C=C\C/C=C\CCC(=O)OC(COC(=O)CCCCCCCCCCCCCCCCCCC/C=C\CCCCCCCCCC)COC(OCC[N+](C)(C)C)C(=O)[O-]. The van der Waals surface area contributed by atoms with Gasteiger partial charge >= 0.3 is 11.9 Å². The number of nitrogens with zero attached hydrogens (tertiary/aromatic N) is 1. The highest BCUT2D eigenvalue weighted by molar-refractivity contribution is 5.70. The summed E-state index contributed by atoms with van der Waals surface area (Å²) in [4.78, 5) is 37.1. The van der Waals surface area contributed by atoms with Gasteiger partial charge in [-0.3, -0.25) is 9.59 Å². The Morgan fingerprint density at radius 3 is 1.33 bits per heavy atom. The Balaban J connectivity index is 4.16. The highest BCUT2D eigenvalue weighted by Crippen LogP contribution is 2.16. The minimum Gasteiger partial charge on any atom is -0.545 e. The molecule has 0 bridgehead atoms. The van der Waals surface area contributed by atoms with Crippen LogP contribution in [0.1, 0.15) is 232 Å². The van der Waals surface area contributed by atoms with Crippen LogP contribution in [0, 0.1) is 0 Å². The zero-order valence-corrected chi connectivity index (χ0v) is 44.0. The number of allylic oxidation sites excluding steroid dienone is 10. The zero-order valence-electron chi connectivity index (χ0n) is 44.0. The van der Waals surface area contributed by atoms with Crippen molar-refractivity contribution in [3.05, 3.63) is 60.8 Å². The molecule has 67 heavy (non-hydrogen) atoms. The predicted molar refractivity (Wildman–Crippen MR) is 278 cm³/mol. The van der Waals surface area contributed by atoms with Crippen LogP contribution in [-0.4, -0.2) is 82.3 Å². The van der Waals surface area contributed by atoms with E-state index in [2.05, 4.69) is 62.5 Å². The van der Waals surface area contributed by atoms with Crippen LogP contribution in [0.3, 0.4) is 0 Å². The van der Waals surface area contributed by atoms with E-state index in [9.17, 15) is 19.5 Å². The lowest BCUT2D eigenvalue weighted by Crippen LogP contribution is -2.44. The highest BCUT2D eigenvalue weighted by Gasteiger charge is 2.21. The van der Waals surface area contributed by atoms with Gasteiger partial charge in [0, 0.05) is 12.8 Å². The molecule has 9 nitrogen and oxygen atoms in total. The van der Waals surface area contributed by atoms with Crippen molar-refractivity contribution in [2.45, 2.75) is 245 Å². The minimum absolute atomic E-state index is 0.126. The second-order valence-corrected chi connectivity index (χ2v) is 19.5. The maximum Gasteiger partial charge on any atom is 0.306 e. The van der Waals surface area contributed by atoms with Gasteiger partial charge in [0.2, 0.25) is 0 Å². The fourth-order valence-electron chi connectivity index (χ4n) is 7.55. The molecule has 0 aliphatic carbocycles. The predicted octanol–water partition coefficient (Wildman–Crippen LogP) is 14.3. The van der Waals surface area contributed by atoms with E-state index in [-0.39, 0.29) is 38.6 Å². The monoisotopic (exact) mass is 942 g/mol. The average molecular weight is 942 g/mol. The van der Waals surface area contributed by atoms with Crippen molar-refractivity contribution in [3.8, 4) is 0 Å². The molecule has 0 rings (SSSR count). The van der Waals surface area contributed by atoms with Gasteiger partial charge in [-0.25, -0.2) is 0 Å². The van der Waals surface area contributed by atoms with Crippen LogP contribution in [0.25, 0.3) is 0 Å². The highest BCUT2D eigenvalue weighted by atomic mass is 16.7. The number of ether oxygens (including phenoxy) is 4. The molecule has 0 saturated heterocycles. The number of carbonyl (C=O) groups excluding carboxylic acids is 3. The molecule has 0 heterocycles. The Morgan fingerprint density at radius 1 is 0.463 bits per heavy atom. The van der Waals surface area contributed by atoms with Crippen molar-refractivity contribution < 1.29 is 42.9 Å². The number of likely N-dealkylation sites (N-methyl/N-ethyl adjacent to an activating group) is 1. The molecule has 9 heteroatoms. The Kier molecular flexibility index (Phi) is 47.2. The van der Waals surface area contributed by atoms with Crippen molar-refractivity contribution in [1.29, 1.82) is 0 Å². The fraction of sp³-hybridized carbons (Fsp3) is 0.776. The number of hydrogen-bond acceptors (Lipinski definition) is 8. The molecule has 0 aromatic rings. The lowest BCUT2D eigenvalue weighted by atomic mass is 10.0. The number of carbonyl (C=O) groups is 3. The maximum atomic E-state index is 12.7. The van der Waals surface area contributed by atoms with Crippen molar-refractivity contribution in [1.82, 2.24) is 0 Å². The molecule has 0 radical (unpaired) electrons. The molecule has 2 unspecified atom stereocenters. The fourth-order valence-corrected chi connectivity index (χ4v) is 7.55. The summed E-state index contributed by atoms with van der Waals surface area (Å²) in [6, 6.07) is 0. The third-order valence-electron chi connectivity index (χ3n) is 11.8. The van der Waals surface area contributed by atoms with Gasteiger partial charge in [0.1, 0.15) is 13.2 Å². The van der Waals surface area contributed by atoms with Crippen molar-refractivity contribution in [3.63, 3.8) is 0 Å². The Bertz CT molecular complexity index is 1280. The second-order valence-electron chi connectivity index (χ2n) is 19.5. The molecule has 0 aromatic heterocycles. The first-order valence-corrected chi connectivity index (χ1v) is 27.4. The summed E-state index contributed by atoms with van der Waals surface area (Å²) < 4.78 is 22.5. The average Bonchev–Trinajstić information content (AvgIpc) is 3.29. The minimum atomic E-state index is -1.64. The first-order valence-electron chi connectivity index (χ1n) is 27.4. The molecule has 388 valence electrons. The molecule has 0 saturated carbocycles. The van der Waals surface area contributed by atoms with Crippen LogP contribution < -0.4 is 5.11 Å². The van der Waals surface area contributed by atoms with Crippen molar-refractivity contribution in [2.24, 2.45) is 0 Å². The van der Waals surface area contributed by atoms with E-state index in [1.807, 2.05) is 33.3 Å². The van der Waals surface area contributed by atoms with Gasteiger partial charge in [0.25, 0.3) is 0 Å². The Morgan fingerprint density at radius 2 is 0.881 bits per heavy atom. The maximum absolute atomic E-state index is 12.7. The molecule has 2 atom stereocenters. The largest absolute Gasteiger partial charge is 0.545 e. The standard InChI is InChI=1S/C58H103NO8/c1-6-8-10-12-14-16-18-20-21-22-23-24-25-26-27-28-29-30-31-32-33-34-35-37-38-40-42-44-46-48-55(60)65-52-54(53-66-58(57(62)63)64-51-50-59(3,4)5)67-56(61)49-47-45-43-41-39-36-19-17-15-13-11-9-7-2/h9,11,15,17,22-23,36,39,43,45,54,58H,6-8,10,12-14,16,18-21,24-35,37-38,40-42,44,46-53H2,1-5H3/b11-9-,17-15-,23-22-,39-36-,45-43-. The molecular formula is C58H103NO8. The molecule has 0 N–H and O–H groups in total. The van der Waals surface area contributed by atoms with E-state index in [1.165, 1.54) is 154 Å². The summed E-state index contributed by atoms with van der Waals surface area (Å²) >= 11 is 0. The summed E-state index contributed by atoms with van der Waals surface area (Å²) in [7, 11) is 5.89. The Labute approximate surface area is 412 Å². The third-order valence-corrected chi connectivity index (χ3v) is 11.8. The molecule has 0 fully saturated rings. The van der Waals surface area contributed by atoms with E-state index in [4.69, 9.17) is 18.9 Å². The van der Waals surface area contributed by atoms with E-state index in [0.29, 0.717) is 17.4 Å². The number of hydrogen-bond donors (Lipinski definition) is 0. The van der Waals surface area contributed by atoms with Crippen LogP contribution >= 0.6 is 0 Å². The number of esters is 2. The lowest BCUT2D eigenvalue weighted by Gasteiger charge is -2.26. The van der Waals surface area contributed by atoms with Gasteiger partial charge in [-0.1, -0.05) is 216 Å². The van der Waals surface area contributed by atoms with E-state index in [1.54, 1.807) is 0 Å². The van der Waals surface area contributed by atoms with Crippen molar-refractivity contribution >= 4 is 17.9 Å². The first-order chi connectivity index (χ1) is 32.6. The van der Waals surface area contributed by atoms with E-state index in [0.717, 1.165) is 44.9 Å². The normalized spacial score (nSPS) is 13.3. The Hall–Kier alpha value is -3.01. The molecule has 0 aromatic carbocycles. The van der Waals surface area contributed by atoms with Gasteiger partial charge in [-0.05, 0) is 64.2 Å². The van der Waals surface area contributed by atoms with Crippen LogP contribution in [0.4, 0.5) is 0 Å². The smallest absolute Gasteiger partial charge is 0.306 e. The number of rotatable bonds is 50. The topological polar surface area (TPSA) is 111 Å². The summed E-state index contributed by atoms with van der Waals surface area (Å²) in [5.74, 6) is -2.39. The molecule has 0 spiro atoms. The van der Waals surface area contributed by atoms with Gasteiger partial charge in [-0.2, -0.15) is 0 Å². The summed E-state index contributed by atoms with van der Waals surface area (Å²) in [5, 5.41) is 11.7.